The van der Waals surface area contributed by atoms with Gasteiger partial charge < -0.3 is 24.6 Å². The van der Waals surface area contributed by atoms with Crippen molar-refractivity contribution in [2.75, 3.05) is 24.6 Å². The molecule has 0 amide bonds. The third-order valence-corrected chi connectivity index (χ3v) is 8.14. The molecule has 0 radical (unpaired) electrons. The normalized spacial score (nSPS) is 31.0. The fourth-order valence-corrected chi connectivity index (χ4v) is 6.13. The van der Waals surface area contributed by atoms with E-state index in [0.717, 1.165) is 24.2 Å². The number of benzene rings is 1. The van der Waals surface area contributed by atoms with Crippen molar-refractivity contribution in [3.63, 3.8) is 0 Å². The van der Waals surface area contributed by atoms with Crippen LogP contribution >= 0.6 is 11.6 Å². The molecule has 2 aliphatic heterocycles. The molecule has 1 saturated carbocycles. The second-order valence-electron chi connectivity index (χ2n) is 10.0. The number of aliphatic hydroxyl groups excluding tert-OH is 1. The van der Waals surface area contributed by atoms with Crippen LogP contribution < -0.4 is 4.90 Å². The van der Waals surface area contributed by atoms with E-state index in [9.17, 15) is 15.0 Å². The van der Waals surface area contributed by atoms with Crippen molar-refractivity contribution in [2.45, 2.75) is 43.3 Å². The number of hydrogen-bond donors (Lipinski definition) is 2. The van der Waals surface area contributed by atoms with Gasteiger partial charge in [-0.25, -0.2) is 14.5 Å². The molecule has 0 bridgehead atoms. The number of aromatic nitrogens is 3. The summed E-state index contributed by atoms with van der Waals surface area (Å²) in [4.78, 5) is 19.2. The Morgan fingerprint density at radius 2 is 2.00 bits per heavy atom. The molecule has 2 aromatic heterocycles. The van der Waals surface area contributed by atoms with Crippen molar-refractivity contribution in [3.8, 4) is 12.3 Å². The Morgan fingerprint density at radius 1 is 1.27 bits per heavy atom. The van der Waals surface area contributed by atoms with Gasteiger partial charge in [-0.2, -0.15) is 5.10 Å². The minimum atomic E-state index is -2.12. The molecular weight excluding hydrogens is 496 g/mol. The van der Waals surface area contributed by atoms with E-state index in [1.807, 2.05) is 6.07 Å². The zero-order chi connectivity index (χ0) is 25.7. The summed E-state index contributed by atoms with van der Waals surface area (Å²) in [6.45, 7) is 1.55. The Labute approximate surface area is 218 Å². The van der Waals surface area contributed by atoms with Gasteiger partial charge in [0.05, 0.1) is 22.8 Å². The van der Waals surface area contributed by atoms with E-state index in [1.165, 1.54) is 23.9 Å². The number of nitrogens with zero attached hydrogens (tertiary/aromatic N) is 4. The van der Waals surface area contributed by atoms with Gasteiger partial charge in [-0.3, -0.25) is 0 Å². The number of carbonyl (C=O) groups excluding carboxylic acids is 1. The standard InChI is InChI=1S/C27H27ClN4O5/c1-2-27(35)21(15-36-26(34)16-7-4-3-5-8-16)37-25(23(27)33)32-24-19(12-29-32)20(11-22(28)30-24)31-13-17-9-6-10-18(17)14-31/h1,3-5,7-8,11-12,17-18,21,23,25,33,35H,6,9-10,13-15H2/t17-,18+,21-,23+,25?,27-/m1/s1. The molecule has 1 unspecified atom stereocenters. The molecule has 3 aliphatic rings. The fraction of sp³-hybridized carbons (Fsp3) is 0.444. The average molecular weight is 523 g/mol. The van der Waals surface area contributed by atoms with Crippen molar-refractivity contribution >= 4 is 34.3 Å². The summed E-state index contributed by atoms with van der Waals surface area (Å²) in [6, 6.07) is 10.3. The molecule has 6 rings (SSSR count). The molecule has 3 fully saturated rings. The van der Waals surface area contributed by atoms with E-state index in [4.69, 9.17) is 27.5 Å². The third kappa shape index (κ3) is 4.05. The topological polar surface area (TPSA) is 110 Å². The Bertz CT molecular complexity index is 1360. The lowest BCUT2D eigenvalue weighted by Gasteiger charge is -2.24. The van der Waals surface area contributed by atoms with Gasteiger partial charge in [0.1, 0.15) is 24.0 Å². The van der Waals surface area contributed by atoms with Crippen LogP contribution in [0.25, 0.3) is 11.0 Å². The number of rotatable bonds is 5. The van der Waals surface area contributed by atoms with Crippen LogP contribution in [0.4, 0.5) is 5.69 Å². The lowest BCUT2D eigenvalue weighted by Crippen LogP contribution is -2.48. The van der Waals surface area contributed by atoms with E-state index >= 15 is 0 Å². The van der Waals surface area contributed by atoms with Gasteiger partial charge >= 0.3 is 5.97 Å². The lowest BCUT2D eigenvalue weighted by molar-refractivity contribution is -0.0688. The van der Waals surface area contributed by atoms with Gasteiger partial charge in [0.2, 0.25) is 0 Å². The van der Waals surface area contributed by atoms with Gasteiger partial charge in [0.15, 0.2) is 17.5 Å². The van der Waals surface area contributed by atoms with Crippen LogP contribution in [0.5, 0.6) is 0 Å². The highest BCUT2D eigenvalue weighted by molar-refractivity contribution is 6.30. The highest BCUT2D eigenvalue weighted by atomic mass is 35.5. The number of pyridine rings is 1. The van der Waals surface area contributed by atoms with Crippen LogP contribution in [0.15, 0.2) is 42.6 Å². The predicted octanol–water partition coefficient (Wildman–Crippen LogP) is 2.80. The molecule has 9 nitrogen and oxygen atoms in total. The Balaban J connectivity index is 1.27. The molecule has 192 valence electrons. The van der Waals surface area contributed by atoms with E-state index in [2.05, 4.69) is 20.9 Å². The molecular formula is C27H27ClN4O5. The molecule has 2 saturated heterocycles. The lowest BCUT2D eigenvalue weighted by atomic mass is 9.93. The number of ether oxygens (including phenoxy) is 2. The maximum atomic E-state index is 12.4. The van der Waals surface area contributed by atoms with Crippen molar-refractivity contribution in [1.82, 2.24) is 14.8 Å². The number of fused-ring (bicyclic) bond motifs is 2. The van der Waals surface area contributed by atoms with E-state index in [1.54, 1.807) is 36.5 Å². The molecule has 2 N–H and O–H groups in total. The van der Waals surface area contributed by atoms with Gasteiger partial charge in [-0.1, -0.05) is 42.1 Å². The first-order valence-electron chi connectivity index (χ1n) is 12.4. The van der Waals surface area contributed by atoms with Crippen molar-refractivity contribution in [3.05, 3.63) is 53.3 Å². The molecule has 3 aromatic rings. The molecule has 6 atom stereocenters. The number of anilines is 1. The van der Waals surface area contributed by atoms with E-state index in [-0.39, 0.29) is 11.8 Å². The molecule has 10 heteroatoms. The second-order valence-corrected chi connectivity index (χ2v) is 10.4. The molecule has 1 aromatic carbocycles. The molecule has 0 spiro atoms. The van der Waals surface area contributed by atoms with Crippen molar-refractivity contribution in [1.29, 1.82) is 0 Å². The summed E-state index contributed by atoms with van der Waals surface area (Å²) in [5.41, 5.74) is -0.431. The number of hydrogen-bond acceptors (Lipinski definition) is 8. The summed E-state index contributed by atoms with van der Waals surface area (Å²) in [6.07, 6.45) is 7.12. The maximum absolute atomic E-state index is 12.4. The van der Waals surface area contributed by atoms with E-state index in [0.29, 0.717) is 23.0 Å². The Kier molecular flexibility index (Phi) is 6.08. The predicted molar refractivity (Wildman–Crippen MR) is 136 cm³/mol. The largest absolute Gasteiger partial charge is 0.459 e. The zero-order valence-electron chi connectivity index (χ0n) is 20.0. The number of halogens is 1. The molecule has 37 heavy (non-hydrogen) atoms. The maximum Gasteiger partial charge on any atom is 0.338 e. The number of terminal acetylenes is 1. The van der Waals surface area contributed by atoms with Crippen LogP contribution in [0.2, 0.25) is 5.15 Å². The highest BCUT2D eigenvalue weighted by Crippen LogP contribution is 2.43. The van der Waals surface area contributed by atoms with Gasteiger partial charge in [-0.15, -0.1) is 6.42 Å². The number of carbonyl (C=O) groups is 1. The monoisotopic (exact) mass is 522 g/mol. The van der Waals surface area contributed by atoms with Crippen LogP contribution in [-0.4, -0.2) is 68.5 Å². The minimum Gasteiger partial charge on any atom is -0.459 e. The summed E-state index contributed by atoms with van der Waals surface area (Å²) in [5.74, 6) is 2.99. The quantitative estimate of drug-likeness (QED) is 0.299. The van der Waals surface area contributed by atoms with Crippen LogP contribution in [-0.2, 0) is 9.47 Å². The first kappa shape index (κ1) is 24.2. The minimum absolute atomic E-state index is 0.286. The van der Waals surface area contributed by atoms with Gasteiger partial charge in [0, 0.05) is 13.1 Å². The average Bonchev–Trinajstić information content (AvgIpc) is 3.67. The number of esters is 1. The van der Waals surface area contributed by atoms with E-state index < -0.39 is 30.0 Å². The zero-order valence-corrected chi connectivity index (χ0v) is 20.8. The first-order chi connectivity index (χ1) is 17.9. The SMILES string of the molecule is C#C[C@@]1(O)[C@@H](COC(=O)c2ccccc2)OC(n2ncc3c(N4C[C@H]5CCC[C@H]5C4)cc(Cl)nc32)[C@@H]1O. The van der Waals surface area contributed by atoms with Crippen LogP contribution in [0.1, 0.15) is 35.8 Å². The fourth-order valence-electron chi connectivity index (χ4n) is 5.95. The Hall–Kier alpha value is -3.16. The van der Waals surface area contributed by atoms with Crippen molar-refractivity contribution < 1.29 is 24.5 Å². The smallest absolute Gasteiger partial charge is 0.338 e. The summed E-state index contributed by atoms with van der Waals surface area (Å²) < 4.78 is 12.7. The van der Waals surface area contributed by atoms with Gasteiger partial charge in [0.25, 0.3) is 0 Å². The first-order valence-corrected chi connectivity index (χ1v) is 12.8. The number of aliphatic hydroxyl groups is 2. The molecule has 4 heterocycles. The highest BCUT2D eigenvalue weighted by Gasteiger charge is 2.56. The summed E-state index contributed by atoms with van der Waals surface area (Å²) in [5, 5.41) is 27.7. The summed E-state index contributed by atoms with van der Waals surface area (Å²) >= 11 is 6.43. The Morgan fingerprint density at radius 3 is 2.70 bits per heavy atom. The molecule has 1 aliphatic carbocycles. The van der Waals surface area contributed by atoms with Crippen LogP contribution in [0, 0.1) is 24.2 Å². The van der Waals surface area contributed by atoms with Gasteiger partial charge in [-0.05, 0) is 42.9 Å². The second kappa shape index (κ2) is 9.30. The van der Waals surface area contributed by atoms with Crippen molar-refractivity contribution in [2.24, 2.45) is 11.8 Å². The summed E-state index contributed by atoms with van der Waals surface area (Å²) in [7, 11) is 0. The third-order valence-electron chi connectivity index (χ3n) is 7.94. The van der Waals surface area contributed by atoms with Crippen LogP contribution in [0.3, 0.4) is 0 Å².